The molecule has 0 aliphatic carbocycles. The summed E-state index contributed by atoms with van der Waals surface area (Å²) in [5.74, 6) is 0.782. The summed E-state index contributed by atoms with van der Waals surface area (Å²) in [5.41, 5.74) is 1.80. The van der Waals surface area contributed by atoms with E-state index in [1.165, 1.54) is 5.56 Å². The highest BCUT2D eigenvalue weighted by Crippen LogP contribution is 2.20. The Morgan fingerprint density at radius 1 is 1.00 bits per heavy atom. The minimum absolute atomic E-state index is 0.110. The van der Waals surface area contributed by atoms with Gasteiger partial charge in [0.15, 0.2) is 0 Å². The van der Waals surface area contributed by atoms with Crippen LogP contribution in [-0.4, -0.2) is 32.3 Å². The number of carbonyl (C=O) groups is 1. The van der Waals surface area contributed by atoms with E-state index in [9.17, 15) is 4.79 Å². The van der Waals surface area contributed by atoms with Crippen LogP contribution in [0.4, 0.5) is 0 Å². The maximum Gasteiger partial charge on any atom is 0.255 e. The van der Waals surface area contributed by atoms with Crippen molar-refractivity contribution in [3.05, 3.63) is 65.7 Å². The van der Waals surface area contributed by atoms with E-state index in [-0.39, 0.29) is 5.91 Å². The van der Waals surface area contributed by atoms with Crippen LogP contribution in [0.25, 0.3) is 0 Å². The molecule has 1 atom stereocenters. The summed E-state index contributed by atoms with van der Waals surface area (Å²) in [4.78, 5) is 12.6. The molecular weight excluding hydrogens is 314 g/mol. The van der Waals surface area contributed by atoms with Gasteiger partial charge in [-0.25, -0.2) is 0 Å². The minimum atomic E-state index is -0.110. The zero-order valence-electron chi connectivity index (χ0n) is 15.0. The standard InChI is InChI=1S/C21H27NO3/c1-3-17(18-10-6-5-7-11-18)16-22-21(23)19-12-8-9-13-20(19)25-15-14-24-4-2/h5-13,17H,3-4,14-16H2,1-2H3,(H,22,23). The molecule has 2 aromatic carbocycles. The molecule has 2 aromatic rings. The van der Waals surface area contributed by atoms with Crippen molar-refractivity contribution in [3.63, 3.8) is 0 Å². The van der Waals surface area contributed by atoms with Gasteiger partial charge in [0.1, 0.15) is 12.4 Å². The van der Waals surface area contributed by atoms with Gasteiger partial charge in [-0.1, -0.05) is 49.4 Å². The summed E-state index contributed by atoms with van der Waals surface area (Å²) in [6.07, 6.45) is 0.969. The van der Waals surface area contributed by atoms with Crippen molar-refractivity contribution in [2.75, 3.05) is 26.4 Å². The number of benzene rings is 2. The molecule has 1 N–H and O–H groups in total. The van der Waals surface area contributed by atoms with Gasteiger partial charge >= 0.3 is 0 Å². The molecule has 0 aromatic heterocycles. The summed E-state index contributed by atoms with van der Waals surface area (Å²) in [6, 6.07) is 17.6. The molecule has 0 aliphatic heterocycles. The van der Waals surface area contributed by atoms with Gasteiger partial charge in [0.25, 0.3) is 5.91 Å². The van der Waals surface area contributed by atoms with Crippen LogP contribution in [0.3, 0.4) is 0 Å². The molecule has 1 unspecified atom stereocenters. The third-order valence-electron chi connectivity index (χ3n) is 4.09. The molecule has 2 rings (SSSR count). The van der Waals surface area contributed by atoms with Gasteiger partial charge < -0.3 is 14.8 Å². The van der Waals surface area contributed by atoms with Gasteiger partial charge in [0.05, 0.1) is 12.2 Å². The number of hydrogen-bond acceptors (Lipinski definition) is 3. The molecule has 134 valence electrons. The van der Waals surface area contributed by atoms with Gasteiger partial charge in [-0.15, -0.1) is 0 Å². The third kappa shape index (κ3) is 5.91. The lowest BCUT2D eigenvalue weighted by Crippen LogP contribution is -2.28. The van der Waals surface area contributed by atoms with Crippen LogP contribution in [0.5, 0.6) is 5.75 Å². The fourth-order valence-corrected chi connectivity index (χ4v) is 2.67. The maximum absolute atomic E-state index is 12.6. The van der Waals surface area contributed by atoms with Gasteiger partial charge in [0, 0.05) is 19.1 Å². The van der Waals surface area contributed by atoms with Crippen molar-refractivity contribution in [3.8, 4) is 5.75 Å². The number of amides is 1. The molecular formula is C21H27NO3. The molecule has 0 aliphatic rings. The molecule has 4 heteroatoms. The predicted octanol–water partition coefficient (Wildman–Crippen LogP) is 4.03. The highest BCUT2D eigenvalue weighted by Gasteiger charge is 2.15. The van der Waals surface area contributed by atoms with Crippen molar-refractivity contribution in [1.82, 2.24) is 5.32 Å². The molecule has 4 nitrogen and oxygen atoms in total. The molecule has 0 saturated heterocycles. The first-order valence-corrected chi connectivity index (χ1v) is 8.89. The highest BCUT2D eigenvalue weighted by atomic mass is 16.5. The number of nitrogens with one attached hydrogen (secondary N) is 1. The largest absolute Gasteiger partial charge is 0.490 e. The lowest BCUT2D eigenvalue weighted by molar-refractivity contribution is 0.0934. The molecule has 0 saturated carbocycles. The van der Waals surface area contributed by atoms with Crippen molar-refractivity contribution < 1.29 is 14.3 Å². The van der Waals surface area contributed by atoms with Crippen LogP contribution in [0.1, 0.15) is 42.1 Å². The SMILES string of the molecule is CCOCCOc1ccccc1C(=O)NCC(CC)c1ccccc1. The zero-order valence-corrected chi connectivity index (χ0v) is 15.0. The molecule has 0 spiro atoms. The molecule has 1 amide bonds. The van der Waals surface area contributed by atoms with Gasteiger partial charge in [-0.2, -0.15) is 0 Å². The lowest BCUT2D eigenvalue weighted by Gasteiger charge is -2.17. The Hall–Kier alpha value is -2.33. The Bertz CT molecular complexity index is 643. The van der Waals surface area contributed by atoms with Gasteiger partial charge in [-0.3, -0.25) is 4.79 Å². The monoisotopic (exact) mass is 341 g/mol. The Morgan fingerprint density at radius 2 is 1.72 bits per heavy atom. The second-order valence-electron chi connectivity index (χ2n) is 5.77. The van der Waals surface area contributed by atoms with Crippen molar-refractivity contribution in [1.29, 1.82) is 0 Å². The first-order chi connectivity index (χ1) is 12.3. The van der Waals surface area contributed by atoms with Crippen molar-refractivity contribution in [2.24, 2.45) is 0 Å². The van der Waals surface area contributed by atoms with Gasteiger partial charge in [0.2, 0.25) is 0 Å². The summed E-state index contributed by atoms with van der Waals surface area (Å²) in [5, 5.41) is 3.04. The minimum Gasteiger partial charge on any atom is -0.490 e. The average Bonchev–Trinajstić information content (AvgIpc) is 2.67. The van der Waals surface area contributed by atoms with E-state index in [0.717, 1.165) is 6.42 Å². The van der Waals surface area contributed by atoms with Crippen LogP contribution in [0.15, 0.2) is 54.6 Å². The number of hydrogen-bond donors (Lipinski definition) is 1. The Labute approximate surface area is 150 Å². The lowest BCUT2D eigenvalue weighted by atomic mass is 9.96. The van der Waals surface area contributed by atoms with Gasteiger partial charge in [-0.05, 0) is 31.0 Å². The van der Waals surface area contributed by atoms with Crippen LogP contribution in [-0.2, 0) is 4.74 Å². The molecule has 0 bridgehead atoms. The van der Waals surface area contributed by atoms with Crippen LogP contribution < -0.4 is 10.1 Å². The number of carbonyl (C=O) groups excluding carboxylic acids is 1. The topological polar surface area (TPSA) is 47.6 Å². The van der Waals surface area contributed by atoms with Crippen LogP contribution >= 0.6 is 0 Å². The quantitative estimate of drug-likeness (QED) is 0.664. The fraction of sp³-hybridized carbons (Fsp3) is 0.381. The van der Waals surface area contributed by atoms with Crippen LogP contribution in [0, 0.1) is 0 Å². The Kier molecular flexibility index (Phi) is 7.99. The molecule has 0 heterocycles. The zero-order chi connectivity index (χ0) is 17.9. The molecule has 0 radical (unpaired) electrons. The summed E-state index contributed by atoms with van der Waals surface area (Å²) in [6.45, 7) is 6.28. The van der Waals surface area contributed by atoms with Crippen molar-refractivity contribution in [2.45, 2.75) is 26.2 Å². The smallest absolute Gasteiger partial charge is 0.255 e. The van der Waals surface area contributed by atoms with E-state index < -0.39 is 0 Å². The predicted molar refractivity (Wildman–Crippen MR) is 100 cm³/mol. The molecule has 0 fully saturated rings. The number of para-hydroxylation sites is 1. The van der Waals surface area contributed by atoms with Crippen LogP contribution in [0.2, 0.25) is 0 Å². The average molecular weight is 341 g/mol. The van der Waals surface area contributed by atoms with E-state index in [1.54, 1.807) is 6.07 Å². The number of rotatable bonds is 10. The summed E-state index contributed by atoms with van der Waals surface area (Å²) < 4.78 is 11.0. The summed E-state index contributed by atoms with van der Waals surface area (Å²) >= 11 is 0. The first-order valence-electron chi connectivity index (χ1n) is 8.89. The van der Waals surface area contributed by atoms with E-state index in [4.69, 9.17) is 9.47 Å². The number of ether oxygens (including phenoxy) is 2. The van der Waals surface area contributed by atoms with Crippen molar-refractivity contribution >= 4 is 5.91 Å². The highest BCUT2D eigenvalue weighted by molar-refractivity contribution is 5.96. The first kappa shape index (κ1) is 19.0. The van der Waals surface area contributed by atoms with E-state index in [2.05, 4.69) is 24.4 Å². The van der Waals surface area contributed by atoms with E-state index in [0.29, 0.717) is 43.6 Å². The third-order valence-corrected chi connectivity index (χ3v) is 4.09. The second-order valence-corrected chi connectivity index (χ2v) is 5.77. The maximum atomic E-state index is 12.6. The second kappa shape index (κ2) is 10.5. The Balaban J connectivity index is 1.96. The summed E-state index contributed by atoms with van der Waals surface area (Å²) in [7, 11) is 0. The molecule has 25 heavy (non-hydrogen) atoms. The van der Waals surface area contributed by atoms with E-state index >= 15 is 0 Å². The fourth-order valence-electron chi connectivity index (χ4n) is 2.67. The Morgan fingerprint density at radius 3 is 2.44 bits per heavy atom. The van der Waals surface area contributed by atoms with E-state index in [1.807, 2.05) is 43.3 Å². The normalized spacial score (nSPS) is 11.8.